The van der Waals surface area contributed by atoms with Gasteiger partial charge in [-0.1, -0.05) is 32.1 Å². The number of benzene rings is 1. The maximum absolute atomic E-state index is 6.67. The number of hydrogen-bond acceptors (Lipinski definition) is 3. The van der Waals surface area contributed by atoms with Gasteiger partial charge in [0.05, 0.1) is 26.7 Å². The largest absolute Gasteiger partial charge is 0.493 e. The van der Waals surface area contributed by atoms with Gasteiger partial charge in [-0.2, -0.15) is 0 Å². The zero-order chi connectivity index (χ0) is 15.2. The van der Waals surface area contributed by atoms with E-state index < -0.39 is 0 Å². The summed E-state index contributed by atoms with van der Waals surface area (Å²) >= 11 is 6.67. The van der Waals surface area contributed by atoms with Gasteiger partial charge in [0.25, 0.3) is 0 Å². The number of halogens is 1. The molecule has 0 radical (unpaired) electrons. The predicted molar refractivity (Wildman–Crippen MR) is 85.9 cm³/mol. The molecule has 1 fully saturated rings. The Balaban J connectivity index is 2.21. The molecule has 1 unspecified atom stereocenters. The molecule has 1 atom stereocenters. The second kappa shape index (κ2) is 7.79. The lowest BCUT2D eigenvalue weighted by Gasteiger charge is -2.25. The quantitative estimate of drug-likeness (QED) is 0.695. The Hall–Kier alpha value is -1.09. The summed E-state index contributed by atoms with van der Waals surface area (Å²) in [7, 11) is 4.89. The summed E-state index contributed by atoms with van der Waals surface area (Å²) in [4.78, 5) is 0. The normalized spacial score (nSPS) is 17.3. The Morgan fingerprint density at radius 2 is 1.67 bits per heavy atom. The molecule has 0 heterocycles. The average molecular weight is 313 g/mol. The van der Waals surface area contributed by atoms with Crippen LogP contribution < -0.4 is 14.2 Å². The highest BCUT2D eigenvalue weighted by molar-refractivity contribution is 6.21. The molecule has 0 saturated heterocycles. The first-order valence-electron chi connectivity index (χ1n) is 7.64. The van der Waals surface area contributed by atoms with Gasteiger partial charge in [-0.15, -0.1) is 11.6 Å². The molecule has 1 saturated carbocycles. The maximum Gasteiger partial charge on any atom is 0.203 e. The molecular formula is C17H25ClO3. The fourth-order valence-corrected chi connectivity index (χ4v) is 3.64. The van der Waals surface area contributed by atoms with E-state index in [2.05, 4.69) is 0 Å². The van der Waals surface area contributed by atoms with Crippen LogP contribution in [0.1, 0.15) is 49.5 Å². The highest BCUT2D eigenvalue weighted by Crippen LogP contribution is 2.46. The lowest BCUT2D eigenvalue weighted by Crippen LogP contribution is -2.09. The van der Waals surface area contributed by atoms with Crippen molar-refractivity contribution in [2.75, 3.05) is 21.3 Å². The van der Waals surface area contributed by atoms with Gasteiger partial charge in [0, 0.05) is 5.56 Å². The van der Waals surface area contributed by atoms with Crippen molar-refractivity contribution in [1.82, 2.24) is 0 Å². The lowest BCUT2D eigenvalue weighted by molar-refractivity contribution is 0.315. The number of rotatable bonds is 6. The van der Waals surface area contributed by atoms with Gasteiger partial charge in [0.1, 0.15) is 0 Å². The average Bonchev–Trinajstić information content (AvgIpc) is 2.53. The van der Waals surface area contributed by atoms with E-state index in [-0.39, 0.29) is 5.38 Å². The summed E-state index contributed by atoms with van der Waals surface area (Å²) in [6.45, 7) is 0. The third-order valence-electron chi connectivity index (χ3n) is 4.34. The monoisotopic (exact) mass is 312 g/mol. The summed E-state index contributed by atoms with van der Waals surface area (Å²) in [5.74, 6) is 2.69. The Bertz CT molecular complexity index is 456. The van der Waals surface area contributed by atoms with Crippen molar-refractivity contribution in [3.63, 3.8) is 0 Å². The molecule has 0 spiro atoms. The van der Waals surface area contributed by atoms with E-state index >= 15 is 0 Å². The second-order valence-corrected chi connectivity index (χ2v) is 6.16. The standard InChI is InChI=1S/C17H25ClO3/c1-19-15-10-9-13(16(20-2)17(15)21-3)14(18)11-12-7-5-4-6-8-12/h9-10,12,14H,4-8,11H2,1-3H3. The molecule has 1 aliphatic carbocycles. The van der Waals surface area contributed by atoms with E-state index in [0.29, 0.717) is 17.2 Å². The highest BCUT2D eigenvalue weighted by Gasteiger charge is 2.24. The smallest absolute Gasteiger partial charge is 0.203 e. The number of alkyl halides is 1. The Morgan fingerprint density at radius 3 is 2.24 bits per heavy atom. The predicted octanol–water partition coefficient (Wildman–Crippen LogP) is 4.96. The van der Waals surface area contributed by atoms with Crippen molar-refractivity contribution < 1.29 is 14.2 Å². The lowest BCUT2D eigenvalue weighted by atomic mass is 9.85. The third kappa shape index (κ3) is 3.76. The number of methoxy groups -OCH3 is 3. The van der Waals surface area contributed by atoms with Crippen molar-refractivity contribution in [2.45, 2.75) is 43.9 Å². The van der Waals surface area contributed by atoms with Crippen LogP contribution in [0.4, 0.5) is 0 Å². The second-order valence-electron chi connectivity index (χ2n) is 5.63. The SMILES string of the molecule is COc1ccc(C(Cl)CC2CCCCC2)c(OC)c1OC. The Morgan fingerprint density at radius 1 is 1.00 bits per heavy atom. The van der Waals surface area contributed by atoms with Gasteiger partial charge in [0.15, 0.2) is 11.5 Å². The zero-order valence-corrected chi connectivity index (χ0v) is 13.9. The first-order chi connectivity index (χ1) is 10.2. The van der Waals surface area contributed by atoms with Gasteiger partial charge in [0.2, 0.25) is 5.75 Å². The van der Waals surface area contributed by atoms with Gasteiger partial charge in [-0.25, -0.2) is 0 Å². The first kappa shape index (κ1) is 16.3. The summed E-state index contributed by atoms with van der Waals surface area (Å²) in [6, 6.07) is 3.88. The van der Waals surface area contributed by atoms with E-state index in [1.165, 1.54) is 32.1 Å². The van der Waals surface area contributed by atoms with Crippen LogP contribution in [-0.4, -0.2) is 21.3 Å². The molecule has 1 aliphatic rings. The number of hydrogen-bond donors (Lipinski definition) is 0. The minimum Gasteiger partial charge on any atom is -0.493 e. The van der Waals surface area contributed by atoms with Crippen molar-refractivity contribution >= 4 is 11.6 Å². The van der Waals surface area contributed by atoms with Crippen LogP contribution in [0.25, 0.3) is 0 Å². The van der Waals surface area contributed by atoms with E-state index in [4.69, 9.17) is 25.8 Å². The van der Waals surface area contributed by atoms with Crippen molar-refractivity contribution in [1.29, 1.82) is 0 Å². The van der Waals surface area contributed by atoms with Crippen LogP contribution in [0.2, 0.25) is 0 Å². The Labute approximate surface area is 132 Å². The molecule has 0 N–H and O–H groups in total. The first-order valence-corrected chi connectivity index (χ1v) is 8.07. The van der Waals surface area contributed by atoms with E-state index in [9.17, 15) is 0 Å². The Kier molecular flexibility index (Phi) is 6.04. The highest BCUT2D eigenvalue weighted by atomic mass is 35.5. The number of ether oxygens (including phenoxy) is 3. The van der Waals surface area contributed by atoms with Crippen LogP contribution in [0.3, 0.4) is 0 Å². The molecule has 1 aromatic rings. The van der Waals surface area contributed by atoms with E-state index in [0.717, 1.165) is 17.9 Å². The van der Waals surface area contributed by atoms with Gasteiger partial charge in [-0.3, -0.25) is 0 Å². The van der Waals surface area contributed by atoms with Crippen molar-refractivity contribution in [3.8, 4) is 17.2 Å². The van der Waals surface area contributed by atoms with E-state index in [1.807, 2.05) is 12.1 Å². The molecule has 0 aliphatic heterocycles. The minimum absolute atomic E-state index is 0.0529. The zero-order valence-electron chi connectivity index (χ0n) is 13.2. The molecular weight excluding hydrogens is 288 g/mol. The van der Waals surface area contributed by atoms with Crippen LogP contribution >= 0.6 is 11.6 Å². The molecule has 0 aromatic heterocycles. The van der Waals surface area contributed by atoms with Crippen molar-refractivity contribution in [2.24, 2.45) is 5.92 Å². The molecule has 3 nitrogen and oxygen atoms in total. The fraction of sp³-hybridized carbons (Fsp3) is 0.647. The van der Waals surface area contributed by atoms with Crippen LogP contribution in [0.15, 0.2) is 12.1 Å². The van der Waals surface area contributed by atoms with Crippen molar-refractivity contribution in [3.05, 3.63) is 17.7 Å². The summed E-state index contributed by atoms with van der Waals surface area (Å²) in [5, 5.41) is -0.0529. The van der Waals surface area contributed by atoms with Crippen LogP contribution in [0, 0.1) is 5.92 Å². The molecule has 4 heteroatoms. The topological polar surface area (TPSA) is 27.7 Å². The van der Waals surface area contributed by atoms with Gasteiger partial charge >= 0.3 is 0 Å². The molecule has 0 amide bonds. The van der Waals surface area contributed by atoms with Gasteiger partial charge < -0.3 is 14.2 Å². The summed E-state index contributed by atoms with van der Waals surface area (Å²) in [6.07, 6.45) is 7.60. The maximum atomic E-state index is 6.67. The minimum atomic E-state index is -0.0529. The molecule has 0 bridgehead atoms. The van der Waals surface area contributed by atoms with Crippen LogP contribution in [0.5, 0.6) is 17.2 Å². The summed E-state index contributed by atoms with van der Waals surface area (Å²) < 4.78 is 16.3. The molecule has 118 valence electrons. The molecule has 2 rings (SSSR count). The third-order valence-corrected chi connectivity index (χ3v) is 4.75. The molecule has 1 aromatic carbocycles. The molecule has 21 heavy (non-hydrogen) atoms. The van der Waals surface area contributed by atoms with Crippen LogP contribution in [-0.2, 0) is 0 Å². The van der Waals surface area contributed by atoms with E-state index in [1.54, 1.807) is 21.3 Å². The van der Waals surface area contributed by atoms with Gasteiger partial charge in [-0.05, 0) is 24.5 Å². The fourth-order valence-electron chi connectivity index (χ4n) is 3.21. The summed E-state index contributed by atoms with van der Waals surface area (Å²) in [5.41, 5.74) is 0.988.